The zero-order valence-electron chi connectivity index (χ0n) is 21.3. The smallest absolute Gasteiger partial charge is 0.394 e. The van der Waals surface area contributed by atoms with Crippen LogP contribution in [0.15, 0.2) is 0 Å². The van der Waals surface area contributed by atoms with Crippen molar-refractivity contribution in [3.8, 4) is 0 Å². The number of hydrogen-bond acceptors (Lipinski definition) is 6. The minimum atomic E-state index is -9.25. The van der Waals surface area contributed by atoms with E-state index in [9.17, 15) is 108 Å². The Kier molecular flexibility index (Phi) is 11.3. The lowest BCUT2D eigenvalue weighted by Crippen LogP contribution is -2.76. The second-order valence-corrected chi connectivity index (χ2v) is 9.47. The second kappa shape index (κ2) is 12.3. The molecule has 1 saturated heterocycles. The van der Waals surface area contributed by atoms with Gasteiger partial charge in [-0.05, 0) is 6.42 Å². The molecule has 1 aliphatic heterocycles. The summed E-state index contributed by atoms with van der Waals surface area (Å²) in [7, 11) is 0. The highest BCUT2D eigenvalue weighted by Crippen LogP contribution is 2.66. The van der Waals surface area contributed by atoms with Gasteiger partial charge in [-0.15, -0.1) is 0 Å². The van der Waals surface area contributed by atoms with E-state index < -0.39 is 116 Å². The summed E-state index contributed by atoms with van der Waals surface area (Å²) in [5.41, 5.74) is 0. The summed E-state index contributed by atoms with van der Waals surface area (Å²) < 4.78 is 290. The third-order valence-corrected chi connectivity index (χ3v) is 6.34. The van der Waals surface area contributed by atoms with Gasteiger partial charge in [-0.1, -0.05) is 0 Å². The molecule has 276 valence electrons. The van der Waals surface area contributed by atoms with Gasteiger partial charge in [0.15, 0.2) is 6.29 Å². The van der Waals surface area contributed by atoms with Gasteiger partial charge in [0.05, 0.1) is 13.2 Å². The predicted octanol–water partition coefficient (Wildman–Crippen LogP) is 4.86. The van der Waals surface area contributed by atoms with Crippen LogP contribution in [0.4, 0.5) is 92.2 Å². The largest absolute Gasteiger partial charge is 0.460 e. The average Bonchev–Trinajstić information content (AvgIpc) is 2.89. The van der Waals surface area contributed by atoms with Crippen LogP contribution >= 0.6 is 0 Å². The van der Waals surface area contributed by atoms with Crippen molar-refractivity contribution >= 4 is 0 Å². The van der Waals surface area contributed by atoms with E-state index in [1.165, 1.54) is 0 Å². The Morgan fingerprint density at radius 1 is 0.478 bits per heavy atom. The van der Waals surface area contributed by atoms with Crippen molar-refractivity contribution < 1.29 is 122 Å². The predicted molar refractivity (Wildman–Crippen MR) is 99.5 cm³/mol. The van der Waals surface area contributed by atoms with E-state index in [1.807, 2.05) is 0 Å². The molecule has 1 aliphatic rings. The number of alkyl halides is 21. The average molecular weight is 740 g/mol. The van der Waals surface area contributed by atoms with Gasteiger partial charge in [0.2, 0.25) is 0 Å². The van der Waals surface area contributed by atoms with Crippen molar-refractivity contribution in [3.05, 3.63) is 0 Å². The SMILES string of the molecule is OC[C@H]1O[C@@H](OCCCC(F)(F)C(F)(F)C(F)(F)C(F)(F)C(F)(F)C(F)(F)C(F)(F)C(F)(F)C(F)(F)C(F)(F)F)[C@H](O)[C@@H](O)[C@@H]1O. The maximum absolute atomic E-state index is 14.0. The Hall–Kier alpha value is -1.71. The minimum Gasteiger partial charge on any atom is -0.394 e. The summed E-state index contributed by atoms with van der Waals surface area (Å²) in [5, 5.41) is 37.6. The first-order chi connectivity index (χ1) is 20.0. The van der Waals surface area contributed by atoms with E-state index in [0.29, 0.717) is 0 Å². The summed E-state index contributed by atoms with van der Waals surface area (Å²) >= 11 is 0. The van der Waals surface area contributed by atoms with E-state index in [0.717, 1.165) is 0 Å². The molecular weight excluding hydrogens is 723 g/mol. The molecule has 46 heavy (non-hydrogen) atoms. The quantitative estimate of drug-likeness (QED) is 0.150. The fourth-order valence-corrected chi connectivity index (χ4v) is 3.45. The molecule has 0 aromatic carbocycles. The highest BCUT2D eigenvalue weighted by molar-refractivity contribution is 5.17. The molecule has 0 unspecified atom stereocenters. The summed E-state index contributed by atoms with van der Waals surface area (Å²) in [6.07, 6.45) is -23.4. The van der Waals surface area contributed by atoms with Crippen molar-refractivity contribution in [2.45, 2.75) is 103 Å². The van der Waals surface area contributed by atoms with E-state index in [4.69, 9.17) is 5.11 Å². The van der Waals surface area contributed by atoms with E-state index >= 15 is 0 Å². The molecule has 0 aromatic heterocycles. The maximum Gasteiger partial charge on any atom is 0.460 e. The Morgan fingerprint density at radius 3 is 1.17 bits per heavy atom. The monoisotopic (exact) mass is 740 g/mol. The Bertz CT molecular complexity index is 1050. The van der Waals surface area contributed by atoms with Crippen molar-refractivity contribution in [1.82, 2.24) is 0 Å². The number of rotatable bonds is 14. The first-order valence-electron chi connectivity index (χ1n) is 11.4. The van der Waals surface area contributed by atoms with Crippen LogP contribution in [0.3, 0.4) is 0 Å². The zero-order chi connectivity index (χ0) is 37.1. The first kappa shape index (κ1) is 42.3. The fourth-order valence-electron chi connectivity index (χ4n) is 3.45. The van der Waals surface area contributed by atoms with Gasteiger partial charge in [0, 0.05) is 6.42 Å². The molecule has 1 fully saturated rings. The van der Waals surface area contributed by atoms with Crippen molar-refractivity contribution in [1.29, 1.82) is 0 Å². The molecule has 5 atom stereocenters. The van der Waals surface area contributed by atoms with Gasteiger partial charge in [-0.3, -0.25) is 0 Å². The Balaban J connectivity index is 3.35. The Labute approximate surface area is 239 Å². The summed E-state index contributed by atoms with van der Waals surface area (Å²) in [4.78, 5) is 0. The molecule has 27 heteroatoms. The molecule has 0 radical (unpaired) electrons. The molecule has 0 aliphatic carbocycles. The molecule has 0 amide bonds. The second-order valence-electron chi connectivity index (χ2n) is 9.47. The molecule has 0 saturated carbocycles. The van der Waals surface area contributed by atoms with Gasteiger partial charge in [0.25, 0.3) is 0 Å². The molecule has 6 nitrogen and oxygen atoms in total. The van der Waals surface area contributed by atoms with Crippen LogP contribution in [-0.4, -0.2) is 124 Å². The molecule has 0 spiro atoms. The van der Waals surface area contributed by atoms with E-state index in [2.05, 4.69) is 9.47 Å². The lowest BCUT2D eigenvalue weighted by atomic mass is 9.85. The van der Waals surface area contributed by atoms with Crippen LogP contribution in [0.2, 0.25) is 0 Å². The van der Waals surface area contributed by atoms with Crippen molar-refractivity contribution in [2.75, 3.05) is 13.2 Å². The van der Waals surface area contributed by atoms with Crippen LogP contribution in [-0.2, 0) is 9.47 Å². The van der Waals surface area contributed by atoms with Crippen LogP contribution < -0.4 is 0 Å². The van der Waals surface area contributed by atoms with Crippen molar-refractivity contribution in [2.24, 2.45) is 0 Å². The Morgan fingerprint density at radius 2 is 0.826 bits per heavy atom. The van der Waals surface area contributed by atoms with Crippen LogP contribution in [0.25, 0.3) is 0 Å². The number of ether oxygens (including phenoxy) is 2. The first-order valence-corrected chi connectivity index (χ1v) is 11.4. The molecule has 1 heterocycles. The summed E-state index contributed by atoms with van der Waals surface area (Å²) in [5.74, 6) is -77.8. The number of aliphatic hydroxyl groups excluding tert-OH is 4. The van der Waals surface area contributed by atoms with Crippen molar-refractivity contribution in [3.63, 3.8) is 0 Å². The van der Waals surface area contributed by atoms with E-state index in [-0.39, 0.29) is 0 Å². The van der Waals surface area contributed by atoms with Gasteiger partial charge < -0.3 is 29.9 Å². The van der Waals surface area contributed by atoms with Gasteiger partial charge in [0.1, 0.15) is 24.4 Å². The standard InChI is InChI=1S/C19H17F21O6/c20-10(21,2-1-3-45-9-8(44)7(43)6(42)5(4-41)46-9)11(22,23)12(24,25)13(26,27)14(28,29)15(30,31)16(32,33)17(34,35)18(36,37)19(38,39)40/h5-9,41-44H,1-4H2/t5-,6-,7+,8-,9-/m1/s1. The topological polar surface area (TPSA) is 99.4 Å². The zero-order valence-corrected chi connectivity index (χ0v) is 21.3. The normalized spacial score (nSPS) is 25.6. The van der Waals surface area contributed by atoms with Crippen LogP contribution in [0, 0.1) is 0 Å². The van der Waals surface area contributed by atoms with Gasteiger partial charge >= 0.3 is 59.5 Å². The molecule has 4 N–H and O–H groups in total. The molecule has 0 bridgehead atoms. The van der Waals surface area contributed by atoms with Crippen LogP contribution in [0.1, 0.15) is 12.8 Å². The number of aliphatic hydroxyl groups is 4. The fraction of sp³-hybridized carbons (Fsp3) is 1.00. The van der Waals surface area contributed by atoms with Crippen LogP contribution in [0.5, 0.6) is 0 Å². The third-order valence-electron chi connectivity index (χ3n) is 6.34. The number of halogens is 21. The lowest BCUT2D eigenvalue weighted by Gasteiger charge is -2.44. The van der Waals surface area contributed by atoms with Gasteiger partial charge in [-0.25, -0.2) is 0 Å². The summed E-state index contributed by atoms with van der Waals surface area (Å²) in [6, 6.07) is 0. The highest BCUT2D eigenvalue weighted by atomic mass is 19.4. The molecule has 0 aromatic rings. The minimum absolute atomic E-state index is 1.13. The highest BCUT2D eigenvalue weighted by Gasteiger charge is 2.97. The molecular formula is C19H17F21O6. The lowest BCUT2D eigenvalue weighted by molar-refractivity contribution is -0.474. The molecule has 1 rings (SSSR count). The number of hydrogen-bond donors (Lipinski definition) is 4. The van der Waals surface area contributed by atoms with E-state index in [1.54, 1.807) is 0 Å². The van der Waals surface area contributed by atoms with Gasteiger partial charge in [-0.2, -0.15) is 92.2 Å². The maximum atomic E-state index is 14.0. The third kappa shape index (κ3) is 6.04. The summed E-state index contributed by atoms with van der Waals surface area (Å²) in [6.45, 7) is -2.66.